The second kappa shape index (κ2) is 9.84. The largest absolute Gasteiger partial charge is 0.369 e. The normalized spacial score (nSPS) is 15.3. The third-order valence-electron chi connectivity index (χ3n) is 4.82. The summed E-state index contributed by atoms with van der Waals surface area (Å²) in [4.78, 5) is 15.4. The topological polar surface area (TPSA) is 69.7 Å². The smallest absolute Gasteiger partial charge is 0.252 e. The molecule has 3 rings (SSSR count). The van der Waals surface area contributed by atoms with Crippen LogP contribution in [0.2, 0.25) is 5.02 Å². The number of sulfonamides is 1. The summed E-state index contributed by atoms with van der Waals surface area (Å²) in [5.41, 5.74) is 1.60. The molecule has 0 aliphatic carbocycles. The first kappa shape index (κ1) is 22.0. The minimum atomic E-state index is -3.42. The molecular weight excluding hydrogens is 430 g/mol. The minimum absolute atomic E-state index is 0.0846. The maximum atomic E-state index is 12.6. The molecule has 0 aromatic heterocycles. The van der Waals surface area contributed by atoms with Gasteiger partial charge in [0, 0.05) is 48.3 Å². The summed E-state index contributed by atoms with van der Waals surface area (Å²) < 4.78 is 26.8. The van der Waals surface area contributed by atoms with Crippen LogP contribution in [0, 0.1) is 0 Å². The molecule has 0 unspecified atom stereocenters. The molecule has 1 fully saturated rings. The average Bonchev–Trinajstić information content (AvgIpc) is 2.74. The molecule has 1 aliphatic rings. The number of carbonyl (C=O) groups is 1. The Morgan fingerprint density at radius 1 is 1.07 bits per heavy atom. The Hall–Kier alpha value is -1.74. The second-order valence-electron chi connectivity index (χ2n) is 6.63. The Labute approximate surface area is 181 Å². The highest BCUT2D eigenvalue weighted by molar-refractivity contribution is 7.98. The molecule has 1 heterocycles. The number of hydrogen-bond acceptors (Lipinski definition) is 5. The molecule has 0 saturated carbocycles. The minimum Gasteiger partial charge on any atom is -0.369 e. The zero-order valence-corrected chi connectivity index (χ0v) is 18.6. The average molecular weight is 454 g/mol. The maximum Gasteiger partial charge on any atom is 0.252 e. The van der Waals surface area contributed by atoms with E-state index in [-0.39, 0.29) is 18.2 Å². The van der Waals surface area contributed by atoms with Crippen LogP contribution in [0.5, 0.6) is 0 Å². The van der Waals surface area contributed by atoms with E-state index in [4.69, 9.17) is 11.6 Å². The van der Waals surface area contributed by atoms with Crippen molar-refractivity contribution in [1.29, 1.82) is 0 Å². The lowest BCUT2D eigenvalue weighted by Crippen LogP contribution is -2.50. The second-order valence-corrected chi connectivity index (χ2v) is 10.0. The molecule has 1 aliphatic heterocycles. The molecular formula is C20H24ClN3O3S2. The van der Waals surface area contributed by atoms with Crippen LogP contribution in [-0.4, -0.2) is 63.4 Å². The molecule has 29 heavy (non-hydrogen) atoms. The van der Waals surface area contributed by atoms with Crippen molar-refractivity contribution < 1.29 is 13.2 Å². The first-order valence-corrected chi connectivity index (χ1v) is 12.5. The molecule has 2 aromatic rings. The number of benzene rings is 2. The van der Waals surface area contributed by atoms with E-state index in [1.807, 2.05) is 42.7 Å². The van der Waals surface area contributed by atoms with Crippen LogP contribution in [0.1, 0.15) is 10.4 Å². The number of nitrogens with one attached hydrogen (secondary N) is 1. The van der Waals surface area contributed by atoms with Crippen molar-refractivity contribution in [2.24, 2.45) is 0 Å². The van der Waals surface area contributed by atoms with Gasteiger partial charge in [-0.2, -0.15) is 4.31 Å². The number of carbonyl (C=O) groups excluding carboxylic acids is 1. The van der Waals surface area contributed by atoms with Crippen molar-refractivity contribution in [3.05, 3.63) is 59.1 Å². The van der Waals surface area contributed by atoms with Gasteiger partial charge in [-0.3, -0.25) is 4.79 Å². The van der Waals surface area contributed by atoms with Crippen LogP contribution in [0.3, 0.4) is 0 Å². The van der Waals surface area contributed by atoms with E-state index in [0.717, 1.165) is 10.6 Å². The van der Waals surface area contributed by atoms with Gasteiger partial charge in [-0.1, -0.05) is 23.7 Å². The summed E-state index contributed by atoms with van der Waals surface area (Å²) in [5, 5.41) is 3.41. The van der Waals surface area contributed by atoms with Gasteiger partial charge in [0.05, 0.1) is 11.3 Å². The van der Waals surface area contributed by atoms with E-state index in [0.29, 0.717) is 36.8 Å². The fraction of sp³-hybridized carbons (Fsp3) is 0.350. The Bertz CT molecular complexity index is 944. The van der Waals surface area contributed by atoms with E-state index in [9.17, 15) is 13.2 Å². The molecule has 0 atom stereocenters. The maximum absolute atomic E-state index is 12.6. The molecule has 156 valence electrons. The SMILES string of the molecule is CSc1ccccc1C(=O)NCCS(=O)(=O)N1CCN(c2ccc(Cl)cc2)CC1. The summed E-state index contributed by atoms with van der Waals surface area (Å²) >= 11 is 7.41. The number of thioether (sulfide) groups is 1. The van der Waals surface area contributed by atoms with Gasteiger partial charge in [0.1, 0.15) is 0 Å². The van der Waals surface area contributed by atoms with Crippen LogP contribution >= 0.6 is 23.4 Å². The van der Waals surface area contributed by atoms with E-state index in [1.54, 1.807) is 12.1 Å². The Balaban J connectivity index is 1.50. The first-order valence-electron chi connectivity index (χ1n) is 9.30. The molecule has 0 bridgehead atoms. The Morgan fingerprint density at radius 2 is 1.72 bits per heavy atom. The molecule has 1 N–H and O–H groups in total. The lowest BCUT2D eigenvalue weighted by Gasteiger charge is -2.35. The highest BCUT2D eigenvalue weighted by atomic mass is 35.5. The van der Waals surface area contributed by atoms with Crippen LogP contribution in [0.15, 0.2) is 53.4 Å². The summed E-state index contributed by atoms with van der Waals surface area (Å²) in [6.45, 7) is 2.17. The molecule has 1 amide bonds. The van der Waals surface area contributed by atoms with Gasteiger partial charge in [0.15, 0.2) is 0 Å². The first-order chi connectivity index (χ1) is 13.9. The number of anilines is 1. The summed E-state index contributed by atoms with van der Waals surface area (Å²) in [6, 6.07) is 14.8. The third kappa shape index (κ3) is 5.66. The van der Waals surface area contributed by atoms with Crippen molar-refractivity contribution in [3.63, 3.8) is 0 Å². The number of nitrogens with zero attached hydrogens (tertiary/aromatic N) is 2. The number of hydrogen-bond donors (Lipinski definition) is 1. The molecule has 0 radical (unpaired) electrons. The van der Waals surface area contributed by atoms with Crippen molar-refractivity contribution in [1.82, 2.24) is 9.62 Å². The number of halogens is 1. The van der Waals surface area contributed by atoms with E-state index >= 15 is 0 Å². The number of rotatable bonds is 7. The van der Waals surface area contributed by atoms with E-state index in [2.05, 4.69) is 10.2 Å². The van der Waals surface area contributed by atoms with Crippen molar-refractivity contribution in [2.75, 3.05) is 49.6 Å². The fourth-order valence-electron chi connectivity index (χ4n) is 3.23. The van der Waals surface area contributed by atoms with Crippen LogP contribution in [0.25, 0.3) is 0 Å². The van der Waals surface area contributed by atoms with E-state index in [1.165, 1.54) is 16.1 Å². The van der Waals surface area contributed by atoms with Gasteiger partial charge in [-0.15, -0.1) is 11.8 Å². The summed E-state index contributed by atoms with van der Waals surface area (Å²) in [5.74, 6) is -0.362. The Morgan fingerprint density at radius 3 is 2.38 bits per heavy atom. The molecule has 9 heteroatoms. The molecule has 1 saturated heterocycles. The van der Waals surface area contributed by atoms with Gasteiger partial charge in [0.2, 0.25) is 10.0 Å². The molecule has 0 spiro atoms. The van der Waals surface area contributed by atoms with Crippen molar-refractivity contribution in [3.8, 4) is 0 Å². The summed E-state index contributed by atoms with van der Waals surface area (Å²) in [7, 11) is -3.42. The number of piperazine rings is 1. The third-order valence-corrected chi connectivity index (χ3v) is 7.74. The highest BCUT2D eigenvalue weighted by Gasteiger charge is 2.27. The van der Waals surface area contributed by atoms with Crippen molar-refractivity contribution >= 4 is 45.0 Å². The Kier molecular flexibility index (Phi) is 7.45. The lowest BCUT2D eigenvalue weighted by atomic mass is 10.2. The van der Waals surface area contributed by atoms with Gasteiger partial charge in [-0.25, -0.2) is 8.42 Å². The lowest BCUT2D eigenvalue weighted by molar-refractivity contribution is 0.0953. The zero-order valence-electron chi connectivity index (χ0n) is 16.2. The quantitative estimate of drug-likeness (QED) is 0.653. The van der Waals surface area contributed by atoms with Gasteiger partial charge in [0.25, 0.3) is 5.91 Å². The molecule has 6 nitrogen and oxygen atoms in total. The van der Waals surface area contributed by atoms with Crippen LogP contribution in [-0.2, 0) is 10.0 Å². The van der Waals surface area contributed by atoms with Gasteiger partial charge in [-0.05, 0) is 42.7 Å². The van der Waals surface area contributed by atoms with Gasteiger partial charge >= 0.3 is 0 Å². The molecule has 2 aromatic carbocycles. The fourth-order valence-corrected chi connectivity index (χ4v) is 5.29. The predicted octanol–water partition coefficient (Wildman–Crippen LogP) is 2.94. The highest BCUT2D eigenvalue weighted by Crippen LogP contribution is 2.21. The standard InChI is InChI=1S/C20H24ClN3O3S2/c1-28-19-5-3-2-4-18(19)20(25)22-10-15-29(26,27)24-13-11-23(12-14-24)17-8-6-16(21)7-9-17/h2-9H,10-15H2,1H3,(H,22,25). The van der Waals surface area contributed by atoms with Crippen molar-refractivity contribution in [2.45, 2.75) is 4.90 Å². The zero-order chi connectivity index (χ0) is 20.9. The van der Waals surface area contributed by atoms with Gasteiger partial charge < -0.3 is 10.2 Å². The van der Waals surface area contributed by atoms with Crippen LogP contribution < -0.4 is 10.2 Å². The van der Waals surface area contributed by atoms with Crippen LogP contribution in [0.4, 0.5) is 5.69 Å². The predicted molar refractivity (Wildman–Crippen MR) is 120 cm³/mol. The summed E-state index contributed by atoms with van der Waals surface area (Å²) in [6.07, 6.45) is 1.90. The van der Waals surface area contributed by atoms with E-state index < -0.39 is 10.0 Å². The monoisotopic (exact) mass is 453 g/mol. The number of amides is 1.